The van der Waals surface area contributed by atoms with Crippen LogP contribution in [0.5, 0.6) is 0 Å². The first-order valence-corrected chi connectivity index (χ1v) is 6.15. The quantitative estimate of drug-likeness (QED) is 0.589. The fourth-order valence-electron chi connectivity index (χ4n) is 0.537. The Morgan fingerprint density at radius 1 is 1.50 bits per heavy atom. The van der Waals surface area contributed by atoms with E-state index in [1.54, 1.807) is 0 Å². The van der Waals surface area contributed by atoms with Crippen LogP contribution < -0.4 is 0 Å². The molecule has 0 saturated carbocycles. The molecule has 3 nitrogen and oxygen atoms in total. The molecule has 1 aromatic heterocycles. The standard InChI is InChI=1S/C5H2BrCl2NO2S/c6-5-4(7)1-3(2-9-5)12(8,10)11/h1-2H. The van der Waals surface area contributed by atoms with Crippen LogP contribution in [0.4, 0.5) is 0 Å². The highest BCUT2D eigenvalue weighted by Gasteiger charge is 2.11. The molecule has 0 fully saturated rings. The van der Waals surface area contributed by atoms with E-state index in [2.05, 4.69) is 20.9 Å². The van der Waals surface area contributed by atoms with Gasteiger partial charge in [-0.25, -0.2) is 13.4 Å². The molecular weight excluding hydrogens is 289 g/mol. The van der Waals surface area contributed by atoms with Gasteiger partial charge in [0.1, 0.15) is 9.50 Å². The van der Waals surface area contributed by atoms with Gasteiger partial charge in [-0.3, -0.25) is 0 Å². The first-order chi connectivity index (χ1) is 5.41. The Labute approximate surface area is 87.3 Å². The van der Waals surface area contributed by atoms with E-state index < -0.39 is 9.05 Å². The molecule has 0 amide bonds. The Kier molecular flexibility index (Phi) is 2.98. The molecule has 0 N–H and O–H groups in total. The lowest BCUT2D eigenvalue weighted by Crippen LogP contribution is -1.91. The number of hydrogen-bond donors (Lipinski definition) is 0. The molecule has 12 heavy (non-hydrogen) atoms. The molecule has 66 valence electrons. The lowest BCUT2D eigenvalue weighted by atomic mass is 10.5. The van der Waals surface area contributed by atoms with Crippen molar-refractivity contribution in [1.82, 2.24) is 4.98 Å². The molecule has 0 unspecified atom stereocenters. The van der Waals surface area contributed by atoms with Gasteiger partial charge in [-0.15, -0.1) is 0 Å². The third kappa shape index (κ3) is 2.32. The molecular formula is C5H2BrCl2NO2S. The number of pyridine rings is 1. The fourth-order valence-corrected chi connectivity index (χ4v) is 1.68. The number of hydrogen-bond acceptors (Lipinski definition) is 3. The van der Waals surface area contributed by atoms with Gasteiger partial charge in [0, 0.05) is 16.9 Å². The largest absolute Gasteiger partial charge is 0.262 e. The van der Waals surface area contributed by atoms with Gasteiger partial charge in [-0.2, -0.15) is 0 Å². The van der Waals surface area contributed by atoms with E-state index in [0.29, 0.717) is 4.60 Å². The Morgan fingerprint density at radius 2 is 2.08 bits per heavy atom. The molecule has 0 spiro atoms. The molecule has 0 aromatic carbocycles. The maximum atomic E-state index is 10.7. The zero-order valence-electron chi connectivity index (χ0n) is 5.46. The molecule has 7 heteroatoms. The van der Waals surface area contributed by atoms with Crippen LogP contribution in [0.2, 0.25) is 5.02 Å². The van der Waals surface area contributed by atoms with Gasteiger partial charge < -0.3 is 0 Å². The third-order valence-corrected chi connectivity index (χ3v) is 3.52. The van der Waals surface area contributed by atoms with Gasteiger partial charge in [-0.1, -0.05) is 11.6 Å². The summed E-state index contributed by atoms with van der Waals surface area (Å²) < 4.78 is 21.9. The molecule has 0 bridgehead atoms. The summed E-state index contributed by atoms with van der Waals surface area (Å²) in [5, 5.41) is 0.205. The average molecular weight is 291 g/mol. The van der Waals surface area contributed by atoms with E-state index in [1.807, 2.05) is 0 Å². The second-order valence-corrected chi connectivity index (χ2v) is 5.61. The van der Waals surface area contributed by atoms with Gasteiger partial charge in [0.25, 0.3) is 9.05 Å². The van der Waals surface area contributed by atoms with Crippen LogP contribution in [0.25, 0.3) is 0 Å². The molecule has 1 aromatic rings. The maximum absolute atomic E-state index is 10.7. The normalized spacial score (nSPS) is 11.6. The van der Waals surface area contributed by atoms with Crippen molar-refractivity contribution in [3.05, 3.63) is 21.9 Å². The lowest BCUT2D eigenvalue weighted by Gasteiger charge is -1.97. The summed E-state index contributed by atoms with van der Waals surface area (Å²) in [5.74, 6) is 0. The smallest absolute Gasteiger partial charge is 0.246 e. The van der Waals surface area contributed by atoms with Crippen LogP contribution >= 0.6 is 38.2 Å². The van der Waals surface area contributed by atoms with E-state index in [1.165, 1.54) is 6.07 Å². The van der Waals surface area contributed by atoms with E-state index in [0.717, 1.165) is 6.20 Å². The van der Waals surface area contributed by atoms with Gasteiger partial charge >= 0.3 is 0 Å². The molecule has 0 aliphatic heterocycles. The molecule has 1 rings (SSSR count). The second-order valence-electron chi connectivity index (χ2n) is 1.88. The van der Waals surface area contributed by atoms with Crippen LogP contribution in [0.1, 0.15) is 0 Å². The van der Waals surface area contributed by atoms with Crippen molar-refractivity contribution in [2.24, 2.45) is 0 Å². The van der Waals surface area contributed by atoms with Crippen molar-refractivity contribution in [3.8, 4) is 0 Å². The van der Waals surface area contributed by atoms with Crippen molar-refractivity contribution >= 4 is 47.3 Å². The Balaban J connectivity index is 3.33. The van der Waals surface area contributed by atoms with Gasteiger partial charge in [0.05, 0.1) is 5.02 Å². The zero-order valence-corrected chi connectivity index (χ0v) is 9.37. The van der Waals surface area contributed by atoms with E-state index >= 15 is 0 Å². The van der Waals surface area contributed by atoms with Crippen LogP contribution in [0.3, 0.4) is 0 Å². The fraction of sp³-hybridized carbons (Fsp3) is 0. The second kappa shape index (κ2) is 3.49. The summed E-state index contributed by atoms with van der Waals surface area (Å²) in [6, 6.07) is 1.22. The van der Waals surface area contributed by atoms with E-state index in [-0.39, 0.29) is 9.92 Å². The van der Waals surface area contributed by atoms with E-state index in [9.17, 15) is 8.42 Å². The summed E-state index contributed by atoms with van der Waals surface area (Å²) in [7, 11) is 1.30. The maximum Gasteiger partial charge on any atom is 0.262 e. The van der Waals surface area contributed by atoms with Gasteiger partial charge in [-0.05, 0) is 22.0 Å². The summed E-state index contributed by atoms with van der Waals surface area (Å²) in [6.07, 6.45) is 1.12. The minimum absolute atomic E-state index is 0.114. The van der Waals surface area contributed by atoms with Crippen molar-refractivity contribution < 1.29 is 8.42 Å². The van der Waals surface area contributed by atoms with Crippen molar-refractivity contribution in [1.29, 1.82) is 0 Å². The number of rotatable bonds is 1. The van der Waals surface area contributed by atoms with Crippen molar-refractivity contribution in [3.63, 3.8) is 0 Å². The highest BCUT2D eigenvalue weighted by Crippen LogP contribution is 2.24. The average Bonchev–Trinajstić information content (AvgIpc) is 1.92. The number of nitrogens with zero attached hydrogens (tertiary/aromatic N) is 1. The Bertz CT molecular complexity index is 406. The molecule has 0 aliphatic carbocycles. The minimum atomic E-state index is -3.74. The molecule has 1 heterocycles. The molecule has 0 aliphatic rings. The van der Waals surface area contributed by atoms with Crippen LogP contribution in [-0.2, 0) is 9.05 Å². The van der Waals surface area contributed by atoms with Crippen molar-refractivity contribution in [2.45, 2.75) is 4.90 Å². The first-order valence-electron chi connectivity index (χ1n) is 2.67. The lowest BCUT2D eigenvalue weighted by molar-refractivity contribution is 0.609. The Morgan fingerprint density at radius 3 is 2.50 bits per heavy atom. The molecule has 0 atom stereocenters. The topological polar surface area (TPSA) is 47.0 Å². The van der Waals surface area contributed by atoms with Crippen LogP contribution in [0.15, 0.2) is 21.8 Å². The number of aromatic nitrogens is 1. The van der Waals surface area contributed by atoms with Crippen LogP contribution in [-0.4, -0.2) is 13.4 Å². The van der Waals surface area contributed by atoms with E-state index in [4.69, 9.17) is 22.3 Å². The summed E-state index contributed by atoms with van der Waals surface area (Å²) in [4.78, 5) is 3.55. The summed E-state index contributed by atoms with van der Waals surface area (Å²) >= 11 is 8.60. The van der Waals surface area contributed by atoms with Gasteiger partial charge in [0.2, 0.25) is 0 Å². The molecule has 0 radical (unpaired) electrons. The predicted octanol–water partition coefficient (Wildman–Crippen LogP) is 2.43. The van der Waals surface area contributed by atoms with Gasteiger partial charge in [0.15, 0.2) is 0 Å². The first kappa shape index (κ1) is 10.2. The van der Waals surface area contributed by atoms with Crippen LogP contribution in [0, 0.1) is 0 Å². The number of halogens is 3. The highest BCUT2D eigenvalue weighted by molar-refractivity contribution is 9.10. The Hall–Kier alpha value is 0.160. The third-order valence-electron chi connectivity index (χ3n) is 1.05. The predicted molar refractivity (Wildman–Crippen MR) is 50.0 cm³/mol. The summed E-state index contributed by atoms with van der Waals surface area (Å²) in [6.45, 7) is 0. The zero-order chi connectivity index (χ0) is 9.35. The monoisotopic (exact) mass is 289 g/mol. The minimum Gasteiger partial charge on any atom is -0.246 e. The highest BCUT2D eigenvalue weighted by atomic mass is 79.9. The summed E-state index contributed by atoms with van der Waals surface area (Å²) in [5.41, 5.74) is 0. The van der Waals surface area contributed by atoms with Crippen molar-refractivity contribution in [2.75, 3.05) is 0 Å². The molecule has 0 saturated heterocycles. The SMILES string of the molecule is O=S(=O)(Cl)c1cnc(Br)c(Cl)c1.